The van der Waals surface area contributed by atoms with Crippen LogP contribution in [0.2, 0.25) is 0 Å². The van der Waals surface area contributed by atoms with Crippen LogP contribution in [0.3, 0.4) is 0 Å². The summed E-state index contributed by atoms with van der Waals surface area (Å²) in [5, 5.41) is 8.80. The predicted octanol–water partition coefficient (Wildman–Crippen LogP) is 1.87. The van der Waals surface area contributed by atoms with Crippen molar-refractivity contribution in [2.24, 2.45) is 11.7 Å². The SMILES string of the molecule is CC(N)C1CCN(Cc2ccc(F)c(C#N)c2)C1. The highest BCUT2D eigenvalue weighted by Gasteiger charge is 2.25. The monoisotopic (exact) mass is 247 g/mol. The minimum absolute atomic E-state index is 0.121. The fourth-order valence-corrected chi connectivity index (χ4v) is 2.45. The molecule has 0 bridgehead atoms. The summed E-state index contributed by atoms with van der Waals surface area (Å²) in [7, 11) is 0. The molecule has 3 nitrogen and oxygen atoms in total. The number of nitrogens with two attached hydrogens (primary N) is 1. The Morgan fingerprint density at radius 3 is 3.00 bits per heavy atom. The Hall–Kier alpha value is -1.44. The van der Waals surface area contributed by atoms with E-state index in [4.69, 9.17) is 11.0 Å². The van der Waals surface area contributed by atoms with Crippen LogP contribution in [0.15, 0.2) is 18.2 Å². The molecule has 0 radical (unpaired) electrons. The summed E-state index contributed by atoms with van der Waals surface area (Å²) in [5.41, 5.74) is 7.00. The van der Waals surface area contributed by atoms with Gasteiger partial charge in [0.05, 0.1) is 5.56 Å². The van der Waals surface area contributed by atoms with Crippen molar-refractivity contribution in [1.82, 2.24) is 4.90 Å². The number of rotatable bonds is 3. The lowest BCUT2D eigenvalue weighted by Crippen LogP contribution is -2.29. The number of nitrogens with zero attached hydrogens (tertiary/aromatic N) is 2. The Morgan fingerprint density at radius 2 is 2.39 bits per heavy atom. The van der Waals surface area contributed by atoms with Crippen molar-refractivity contribution in [2.75, 3.05) is 13.1 Å². The van der Waals surface area contributed by atoms with E-state index >= 15 is 0 Å². The van der Waals surface area contributed by atoms with Crippen molar-refractivity contribution in [3.8, 4) is 6.07 Å². The Balaban J connectivity index is 2.01. The maximum atomic E-state index is 13.2. The Kier molecular flexibility index (Phi) is 3.95. The normalized spacial score (nSPS) is 21.8. The van der Waals surface area contributed by atoms with Crippen LogP contribution < -0.4 is 5.73 Å². The van der Waals surface area contributed by atoms with Crippen molar-refractivity contribution in [1.29, 1.82) is 5.26 Å². The van der Waals surface area contributed by atoms with Crippen LogP contribution in [0.4, 0.5) is 4.39 Å². The highest BCUT2D eigenvalue weighted by Crippen LogP contribution is 2.21. The summed E-state index contributed by atoms with van der Waals surface area (Å²) < 4.78 is 13.2. The highest BCUT2D eigenvalue weighted by molar-refractivity contribution is 5.34. The Morgan fingerprint density at radius 1 is 1.61 bits per heavy atom. The molecule has 96 valence electrons. The van der Waals surface area contributed by atoms with E-state index in [9.17, 15) is 4.39 Å². The van der Waals surface area contributed by atoms with Gasteiger partial charge in [0, 0.05) is 19.1 Å². The van der Waals surface area contributed by atoms with Crippen molar-refractivity contribution >= 4 is 0 Å². The number of hydrogen-bond donors (Lipinski definition) is 1. The van der Waals surface area contributed by atoms with Gasteiger partial charge in [0.1, 0.15) is 11.9 Å². The molecule has 1 heterocycles. The fourth-order valence-electron chi connectivity index (χ4n) is 2.45. The molecule has 2 atom stereocenters. The van der Waals surface area contributed by atoms with Crippen LogP contribution in [0, 0.1) is 23.1 Å². The Bertz CT molecular complexity index is 465. The summed E-state index contributed by atoms with van der Waals surface area (Å²) in [6.07, 6.45) is 1.12. The summed E-state index contributed by atoms with van der Waals surface area (Å²) in [6.45, 7) is 4.81. The fraction of sp³-hybridized carbons (Fsp3) is 0.500. The molecule has 18 heavy (non-hydrogen) atoms. The number of benzene rings is 1. The van der Waals surface area contributed by atoms with Gasteiger partial charge in [-0.1, -0.05) is 6.07 Å². The average Bonchev–Trinajstić information content (AvgIpc) is 2.80. The molecule has 2 unspecified atom stereocenters. The van der Waals surface area contributed by atoms with E-state index in [0.717, 1.165) is 31.6 Å². The van der Waals surface area contributed by atoms with Crippen molar-refractivity contribution in [3.05, 3.63) is 35.1 Å². The third-order valence-electron chi connectivity index (χ3n) is 3.61. The van der Waals surface area contributed by atoms with E-state index in [0.29, 0.717) is 5.92 Å². The molecule has 0 saturated carbocycles. The molecule has 1 aliphatic rings. The molecular weight excluding hydrogens is 229 g/mol. The van der Waals surface area contributed by atoms with Crippen molar-refractivity contribution in [3.63, 3.8) is 0 Å². The summed E-state index contributed by atoms with van der Waals surface area (Å²) >= 11 is 0. The van der Waals surface area contributed by atoms with Gasteiger partial charge in [0.15, 0.2) is 0 Å². The van der Waals surface area contributed by atoms with E-state index in [-0.39, 0.29) is 11.6 Å². The minimum atomic E-state index is -0.448. The molecular formula is C14H18FN3. The van der Waals surface area contributed by atoms with Gasteiger partial charge >= 0.3 is 0 Å². The molecule has 1 aromatic rings. The van der Waals surface area contributed by atoms with Crippen LogP contribution in [-0.4, -0.2) is 24.0 Å². The molecule has 0 amide bonds. The average molecular weight is 247 g/mol. The summed E-state index contributed by atoms with van der Waals surface area (Å²) in [4.78, 5) is 2.31. The van der Waals surface area contributed by atoms with Gasteiger partial charge in [-0.3, -0.25) is 4.90 Å². The summed E-state index contributed by atoms with van der Waals surface area (Å²) in [6, 6.07) is 6.84. The maximum absolute atomic E-state index is 13.2. The van der Waals surface area contributed by atoms with Gasteiger partial charge in [-0.15, -0.1) is 0 Å². The molecule has 4 heteroatoms. The topological polar surface area (TPSA) is 53.0 Å². The third-order valence-corrected chi connectivity index (χ3v) is 3.61. The van der Waals surface area contributed by atoms with Gasteiger partial charge < -0.3 is 5.73 Å². The zero-order valence-corrected chi connectivity index (χ0v) is 10.6. The molecule has 2 N–H and O–H groups in total. The molecule has 1 aromatic carbocycles. The van der Waals surface area contributed by atoms with E-state index in [1.54, 1.807) is 12.1 Å². The molecule has 1 aliphatic heterocycles. The van der Waals surface area contributed by atoms with Crippen molar-refractivity contribution in [2.45, 2.75) is 25.9 Å². The van der Waals surface area contributed by atoms with Gasteiger partial charge in [-0.2, -0.15) is 5.26 Å². The van der Waals surface area contributed by atoms with Crippen LogP contribution in [-0.2, 0) is 6.54 Å². The second-order valence-electron chi connectivity index (χ2n) is 5.07. The first kappa shape index (κ1) is 13.0. The van der Waals surface area contributed by atoms with E-state index < -0.39 is 5.82 Å². The number of hydrogen-bond acceptors (Lipinski definition) is 3. The quantitative estimate of drug-likeness (QED) is 0.887. The summed E-state index contributed by atoms with van der Waals surface area (Å²) in [5.74, 6) is 0.0945. The second-order valence-corrected chi connectivity index (χ2v) is 5.07. The van der Waals surface area contributed by atoms with Crippen LogP contribution in [0.1, 0.15) is 24.5 Å². The zero-order chi connectivity index (χ0) is 13.1. The maximum Gasteiger partial charge on any atom is 0.140 e. The lowest BCUT2D eigenvalue weighted by molar-refractivity contribution is 0.308. The van der Waals surface area contributed by atoms with Gasteiger partial charge in [-0.05, 0) is 43.5 Å². The predicted molar refractivity (Wildman–Crippen MR) is 68.1 cm³/mol. The zero-order valence-electron chi connectivity index (χ0n) is 10.6. The van der Waals surface area contributed by atoms with E-state index in [1.807, 2.05) is 13.0 Å². The molecule has 2 rings (SSSR count). The lowest BCUT2D eigenvalue weighted by Gasteiger charge is -2.18. The molecule has 0 aliphatic carbocycles. The minimum Gasteiger partial charge on any atom is -0.328 e. The molecule has 1 fully saturated rings. The number of nitriles is 1. The lowest BCUT2D eigenvalue weighted by atomic mass is 10.0. The number of halogens is 1. The van der Waals surface area contributed by atoms with Gasteiger partial charge in [-0.25, -0.2) is 4.39 Å². The third kappa shape index (κ3) is 2.87. The molecule has 0 aromatic heterocycles. The second kappa shape index (κ2) is 5.47. The van der Waals surface area contributed by atoms with Gasteiger partial charge in [0.2, 0.25) is 0 Å². The van der Waals surface area contributed by atoms with Gasteiger partial charge in [0.25, 0.3) is 0 Å². The van der Waals surface area contributed by atoms with Crippen LogP contribution >= 0.6 is 0 Å². The highest BCUT2D eigenvalue weighted by atomic mass is 19.1. The molecule has 1 saturated heterocycles. The first-order valence-electron chi connectivity index (χ1n) is 6.26. The van der Waals surface area contributed by atoms with Crippen LogP contribution in [0.25, 0.3) is 0 Å². The first-order valence-corrected chi connectivity index (χ1v) is 6.26. The first-order chi connectivity index (χ1) is 8.60. The smallest absolute Gasteiger partial charge is 0.140 e. The van der Waals surface area contributed by atoms with E-state index in [2.05, 4.69) is 4.90 Å². The molecule has 0 spiro atoms. The Labute approximate surface area is 107 Å². The van der Waals surface area contributed by atoms with Crippen LogP contribution in [0.5, 0.6) is 0 Å². The largest absolute Gasteiger partial charge is 0.328 e. The standard InChI is InChI=1S/C14H18FN3/c1-10(17)12-4-5-18(9-12)8-11-2-3-14(15)13(6-11)7-16/h2-3,6,10,12H,4-5,8-9,17H2,1H3. The number of likely N-dealkylation sites (tertiary alicyclic amines) is 1. The van der Waals surface area contributed by atoms with Crippen molar-refractivity contribution < 1.29 is 4.39 Å². The van der Waals surface area contributed by atoms with E-state index in [1.165, 1.54) is 6.07 Å².